The molecule has 0 spiro atoms. The number of ether oxygens (including phenoxy) is 1. The van der Waals surface area contributed by atoms with E-state index < -0.39 is 0 Å². The van der Waals surface area contributed by atoms with Gasteiger partial charge in [-0.1, -0.05) is 48.5 Å². The lowest BCUT2D eigenvalue weighted by atomic mass is 10.1. The Morgan fingerprint density at radius 2 is 1.79 bits per heavy atom. The van der Waals surface area contributed by atoms with E-state index in [1.54, 1.807) is 11.0 Å². The number of carbonyl (C=O) groups excluding carboxylic acids is 1. The second-order valence-electron chi connectivity index (χ2n) is 7.38. The van der Waals surface area contributed by atoms with Crippen molar-refractivity contribution in [1.82, 2.24) is 4.90 Å². The standard InChI is InChI=1S/C26H23IN2O3S/c1-3-32-22-15-18(14-21(27)24(22)30)16-23-25(31)29(17(2)19-10-6-4-7-11-19)26(33-23)28-20-12-8-5-9-13-20/h4-17,30H,3H2,1-2H3/b23-16+,28-26?/t17-/m0/s1. The van der Waals surface area contributed by atoms with Crippen molar-refractivity contribution in [2.75, 3.05) is 6.61 Å². The van der Waals surface area contributed by atoms with Gasteiger partial charge in [-0.15, -0.1) is 0 Å². The molecule has 0 unspecified atom stereocenters. The van der Waals surface area contributed by atoms with Crippen molar-refractivity contribution in [2.45, 2.75) is 19.9 Å². The van der Waals surface area contributed by atoms with Gasteiger partial charge in [-0.3, -0.25) is 9.69 Å². The third-order valence-electron chi connectivity index (χ3n) is 5.14. The van der Waals surface area contributed by atoms with Gasteiger partial charge in [0.1, 0.15) is 0 Å². The van der Waals surface area contributed by atoms with Gasteiger partial charge in [-0.05, 0) is 89.7 Å². The molecule has 0 saturated carbocycles. The van der Waals surface area contributed by atoms with Crippen molar-refractivity contribution in [3.63, 3.8) is 0 Å². The van der Waals surface area contributed by atoms with Crippen molar-refractivity contribution >= 4 is 57.2 Å². The van der Waals surface area contributed by atoms with Gasteiger partial charge in [0.05, 0.1) is 26.8 Å². The van der Waals surface area contributed by atoms with Crippen molar-refractivity contribution in [2.24, 2.45) is 4.99 Å². The number of hydrogen-bond donors (Lipinski definition) is 1. The molecule has 1 aliphatic rings. The normalized spacial score (nSPS) is 17.1. The fraction of sp³-hybridized carbons (Fsp3) is 0.154. The van der Waals surface area contributed by atoms with Crippen molar-refractivity contribution in [3.8, 4) is 11.5 Å². The summed E-state index contributed by atoms with van der Waals surface area (Å²) < 4.78 is 6.22. The van der Waals surface area contributed by atoms with E-state index in [2.05, 4.69) is 22.6 Å². The van der Waals surface area contributed by atoms with E-state index in [-0.39, 0.29) is 17.7 Å². The van der Waals surface area contributed by atoms with E-state index in [1.807, 2.05) is 86.7 Å². The third kappa shape index (κ3) is 5.25. The van der Waals surface area contributed by atoms with Gasteiger partial charge < -0.3 is 9.84 Å². The molecule has 7 heteroatoms. The Balaban J connectivity index is 1.75. The second kappa shape index (κ2) is 10.4. The summed E-state index contributed by atoms with van der Waals surface area (Å²) in [6, 6.07) is 23.0. The molecule has 3 aromatic carbocycles. The number of aliphatic imine (C=N–C) groups is 1. The van der Waals surface area contributed by atoms with Crippen molar-refractivity contribution < 1.29 is 14.6 Å². The number of amidine groups is 1. The predicted molar refractivity (Wildman–Crippen MR) is 143 cm³/mol. The van der Waals surface area contributed by atoms with Gasteiger partial charge in [0, 0.05) is 0 Å². The lowest BCUT2D eigenvalue weighted by molar-refractivity contribution is -0.123. The number of nitrogens with zero attached hydrogens (tertiary/aromatic N) is 2. The van der Waals surface area contributed by atoms with Gasteiger partial charge in [0.15, 0.2) is 16.7 Å². The summed E-state index contributed by atoms with van der Waals surface area (Å²) in [5, 5.41) is 10.9. The van der Waals surface area contributed by atoms with Crippen LogP contribution in [0.4, 0.5) is 5.69 Å². The van der Waals surface area contributed by atoms with E-state index in [4.69, 9.17) is 9.73 Å². The minimum Gasteiger partial charge on any atom is -0.504 e. The molecule has 5 nitrogen and oxygen atoms in total. The molecule has 33 heavy (non-hydrogen) atoms. The molecule has 1 fully saturated rings. The number of benzene rings is 3. The summed E-state index contributed by atoms with van der Waals surface area (Å²) >= 11 is 3.41. The monoisotopic (exact) mass is 570 g/mol. The van der Waals surface area contributed by atoms with Crippen LogP contribution in [0.1, 0.15) is 31.0 Å². The maximum atomic E-state index is 13.6. The molecule has 1 heterocycles. The van der Waals surface area contributed by atoms with Crippen LogP contribution in [0.5, 0.6) is 11.5 Å². The summed E-state index contributed by atoms with van der Waals surface area (Å²) in [5.41, 5.74) is 2.60. The topological polar surface area (TPSA) is 62.1 Å². The maximum Gasteiger partial charge on any atom is 0.267 e. The highest BCUT2D eigenvalue weighted by Crippen LogP contribution is 2.40. The Labute approximate surface area is 211 Å². The Morgan fingerprint density at radius 3 is 2.45 bits per heavy atom. The Bertz CT molecular complexity index is 1210. The molecule has 0 radical (unpaired) electrons. The minimum atomic E-state index is -0.182. The molecule has 0 bridgehead atoms. The Hall–Kier alpha value is -2.78. The third-order valence-corrected chi connectivity index (χ3v) is 6.94. The number of para-hydroxylation sites is 1. The van der Waals surface area contributed by atoms with Gasteiger partial charge in [-0.2, -0.15) is 0 Å². The number of thioether (sulfide) groups is 1. The van der Waals surface area contributed by atoms with E-state index >= 15 is 0 Å². The molecule has 4 rings (SSSR count). The summed E-state index contributed by atoms with van der Waals surface area (Å²) in [6.45, 7) is 4.31. The molecule has 3 aromatic rings. The molecule has 0 aromatic heterocycles. The minimum absolute atomic E-state index is 0.105. The number of phenolic OH excluding ortho intramolecular Hbond substituents is 1. The zero-order chi connectivity index (χ0) is 23.4. The first kappa shape index (κ1) is 23.4. The Kier molecular flexibility index (Phi) is 7.39. The fourth-order valence-electron chi connectivity index (χ4n) is 3.49. The van der Waals surface area contributed by atoms with E-state index in [1.165, 1.54) is 11.8 Å². The molecule has 0 aliphatic carbocycles. The molecular formula is C26H23IN2O3S. The molecule has 1 amide bonds. The molecule has 1 atom stereocenters. The van der Waals surface area contributed by atoms with Crippen LogP contribution in [0.2, 0.25) is 0 Å². The molecule has 1 saturated heterocycles. The summed E-state index contributed by atoms with van der Waals surface area (Å²) in [4.78, 5) is 20.7. The number of amides is 1. The highest BCUT2D eigenvalue weighted by molar-refractivity contribution is 14.1. The fourth-order valence-corrected chi connectivity index (χ4v) is 5.19. The van der Waals surface area contributed by atoms with Gasteiger partial charge in [0.25, 0.3) is 5.91 Å². The number of rotatable bonds is 6. The summed E-state index contributed by atoms with van der Waals surface area (Å²) in [5.74, 6) is 0.405. The largest absolute Gasteiger partial charge is 0.504 e. The van der Waals surface area contributed by atoms with Crippen molar-refractivity contribution in [1.29, 1.82) is 0 Å². The second-order valence-corrected chi connectivity index (χ2v) is 9.56. The van der Waals surface area contributed by atoms with Crippen LogP contribution in [0.15, 0.2) is 82.7 Å². The van der Waals surface area contributed by atoms with Crippen molar-refractivity contribution in [3.05, 3.63) is 92.4 Å². The maximum absolute atomic E-state index is 13.6. The van der Waals surface area contributed by atoms with Crippen LogP contribution in [-0.2, 0) is 4.79 Å². The molecule has 168 valence electrons. The number of aromatic hydroxyl groups is 1. The quantitative estimate of drug-likeness (QED) is 0.263. The van der Waals surface area contributed by atoms with E-state index in [9.17, 15) is 9.90 Å². The average molecular weight is 570 g/mol. The first-order chi connectivity index (χ1) is 16.0. The number of carbonyl (C=O) groups is 1. The smallest absolute Gasteiger partial charge is 0.267 e. The molecular weight excluding hydrogens is 547 g/mol. The summed E-state index contributed by atoms with van der Waals surface area (Å²) in [6.07, 6.45) is 1.83. The number of halogens is 1. The van der Waals surface area contributed by atoms with E-state index in [0.717, 1.165) is 16.8 Å². The van der Waals surface area contributed by atoms with Gasteiger partial charge in [0.2, 0.25) is 0 Å². The zero-order valence-corrected chi connectivity index (χ0v) is 21.2. The zero-order valence-electron chi connectivity index (χ0n) is 18.2. The van der Waals surface area contributed by atoms with Crippen LogP contribution in [0.25, 0.3) is 6.08 Å². The van der Waals surface area contributed by atoms with Gasteiger partial charge in [-0.25, -0.2) is 4.99 Å². The highest BCUT2D eigenvalue weighted by atomic mass is 127. The van der Waals surface area contributed by atoms with Crippen LogP contribution in [0, 0.1) is 3.57 Å². The predicted octanol–water partition coefficient (Wildman–Crippen LogP) is 6.76. The van der Waals surface area contributed by atoms with Crippen LogP contribution >= 0.6 is 34.4 Å². The molecule has 1 N–H and O–H groups in total. The van der Waals surface area contributed by atoms with Crippen LogP contribution in [0.3, 0.4) is 0 Å². The highest BCUT2D eigenvalue weighted by Gasteiger charge is 2.37. The van der Waals surface area contributed by atoms with E-state index in [0.29, 0.717) is 26.0 Å². The lowest BCUT2D eigenvalue weighted by Gasteiger charge is -2.24. The lowest BCUT2D eigenvalue weighted by Crippen LogP contribution is -2.32. The van der Waals surface area contributed by atoms with Crippen LogP contribution < -0.4 is 4.74 Å². The molecule has 1 aliphatic heterocycles. The SMILES string of the molecule is CCOc1cc(/C=C2/SC(=Nc3ccccc3)N([C@@H](C)c3ccccc3)C2=O)cc(I)c1O. The Morgan fingerprint density at radius 1 is 1.12 bits per heavy atom. The summed E-state index contributed by atoms with van der Waals surface area (Å²) in [7, 11) is 0. The number of phenols is 1. The first-order valence-corrected chi connectivity index (χ1v) is 12.4. The van der Waals surface area contributed by atoms with Gasteiger partial charge >= 0.3 is 0 Å². The average Bonchev–Trinajstić information content (AvgIpc) is 3.12. The first-order valence-electron chi connectivity index (χ1n) is 10.5. The van der Waals surface area contributed by atoms with Crippen LogP contribution in [-0.4, -0.2) is 27.7 Å². The number of hydrogen-bond acceptors (Lipinski definition) is 5.